The highest BCUT2D eigenvalue weighted by Crippen LogP contribution is 2.36. The van der Waals surface area contributed by atoms with Gasteiger partial charge in [0.2, 0.25) is 0 Å². The number of ether oxygens (including phenoxy) is 1. The van der Waals surface area contributed by atoms with Crippen molar-refractivity contribution in [2.24, 2.45) is 0 Å². The Morgan fingerprint density at radius 3 is 2.46 bits per heavy atom. The molecule has 0 unspecified atom stereocenters. The van der Waals surface area contributed by atoms with Gasteiger partial charge in [0.15, 0.2) is 0 Å². The Bertz CT molecular complexity index is 869. The number of methoxy groups -OCH3 is 1. The predicted molar refractivity (Wildman–Crippen MR) is 99.2 cm³/mol. The van der Waals surface area contributed by atoms with Crippen molar-refractivity contribution in [1.82, 2.24) is 0 Å². The first-order valence-corrected chi connectivity index (χ1v) is 9.31. The largest absolute Gasteiger partial charge is 0.495 e. The Morgan fingerprint density at radius 2 is 1.88 bits per heavy atom. The minimum Gasteiger partial charge on any atom is -0.495 e. The van der Waals surface area contributed by atoms with Gasteiger partial charge in [-0.15, -0.1) is 6.58 Å². The summed E-state index contributed by atoms with van der Waals surface area (Å²) in [6, 6.07) is 8.99. The SMILES string of the molecule is C=CCN(c1cccc(Cl)c1Cl)S(=O)(=O)c1ccc(OC)c(Cl)c1. The normalized spacial score (nSPS) is 11.2. The Labute approximate surface area is 156 Å². The fourth-order valence-electron chi connectivity index (χ4n) is 2.06. The lowest BCUT2D eigenvalue weighted by Gasteiger charge is -2.24. The Balaban J connectivity index is 2.59. The van der Waals surface area contributed by atoms with Crippen molar-refractivity contribution in [3.05, 3.63) is 64.1 Å². The van der Waals surface area contributed by atoms with Crippen molar-refractivity contribution in [3.63, 3.8) is 0 Å². The van der Waals surface area contributed by atoms with Crippen LogP contribution >= 0.6 is 34.8 Å². The van der Waals surface area contributed by atoms with E-state index in [1.807, 2.05) is 0 Å². The van der Waals surface area contributed by atoms with Gasteiger partial charge in [-0.25, -0.2) is 8.42 Å². The zero-order chi connectivity index (χ0) is 17.9. The molecule has 0 N–H and O–H groups in total. The standard InChI is InChI=1S/C16H14Cl3NO3S/c1-3-9-20(14-6-4-5-12(17)16(14)19)24(21,22)11-7-8-15(23-2)13(18)10-11/h3-8,10H,1,9H2,2H3. The molecular weight excluding hydrogens is 393 g/mol. The van der Waals surface area contributed by atoms with E-state index < -0.39 is 10.0 Å². The predicted octanol–water partition coefficient (Wildman–Crippen LogP) is 5.04. The van der Waals surface area contributed by atoms with Crippen LogP contribution in [0.15, 0.2) is 53.9 Å². The molecule has 0 spiro atoms. The molecular formula is C16H14Cl3NO3S. The lowest BCUT2D eigenvalue weighted by atomic mass is 10.3. The molecule has 0 fully saturated rings. The average molecular weight is 407 g/mol. The van der Waals surface area contributed by atoms with Gasteiger partial charge < -0.3 is 4.74 Å². The second-order valence-corrected chi connectivity index (χ2v) is 7.75. The summed E-state index contributed by atoms with van der Waals surface area (Å²) in [6.45, 7) is 3.62. The summed E-state index contributed by atoms with van der Waals surface area (Å²) < 4.78 is 32.2. The number of rotatable bonds is 6. The molecule has 0 amide bonds. The lowest BCUT2D eigenvalue weighted by molar-refractivity contribution is 0.414. The summed E-state index contributed by atoms with van der Waals surface area (Å²) in [4.78, 5) is 0.00573. The molecule has 0 heterocycles. The molecule has 8 heteroatoms. The fraction of sp³-hybridized carbons (Fsp3) is 0.125. The third-order valence-corrected chi connectivity index (χ3v) is 6.09. The van der Waals surface area contributed by atoms with Gasteiger partial charge in [0.25, 0.3) is 10.0 Å². The van der Waals surface area contributed by atoms with Crippen LogP contribution in [-0.4, -0.2) is 22.1 Å². The molecule has 0 bridgehead atoms. The number of sulfonamides is 1. The van der Waals surface area contributed by atoms with Gasteiger partial charge in [0, 0.05) is 0 Å². The average Bonchev–Trinajstić information content (AvgIpc) is 2.55. The van der Waals surface area contributed by atoms with Gasteiger partial charge in [-0.2, -0.15) is 0 Å². The molecule has 2 aromatic carbocycles. The highest BCUT2D eigenvalue weighted by molar-refractivity contribution is 7.92. The number of hydrogen-bond acceptors (Lipinski definition) is 3. The molecule has 0 aliphatic rings. The van der Waals surface area contributed by atoms with Crippen molar-refractivity contribution < 1.29 is 13.2 Å². The zero-order valence-corrected chi connectivity index (χ0v) is 15.8. The summed E-state index contributed by atoms with van der Waals surface area (Å²) in [5, 5.41) is 0.588. The summed E-state index contributed by atoms with van der Waals surface area (Å²) in [6.07, 6.45) is 1.46. The monoisotopic (exact) mass is 405 g/mol. The third-order valence-electron chi connectivity index (χ3n) is 3.21. The molecule has 2 aromatic rings. The summed E-state index contributed by atoms with van der Waals surface area (Å²) >= 11 is 18.2. The van der Waals surface area contributed by atoms with E-state index in [1.54, 1.807) is 18.2 Å². The molecule has 0 aliphatic carbocycles. The van der Waals surface area contributed by atoms with Crippen LogP contribution < -0.4 is 9.04 Å². The van der Waals surface area contributed by atoms with E-state index in [2.05, 4.69) is 6.58 Å². The molecule has 0 saturated carbocycles. The highest BCUT2D eigenvalue weighted by Gasteiger charge is 2.27. The van der Waals surface area contributed by atoms with Crippen LogP contribution in [-0.2, 0) is 10.0 Å². The van der Waals surface area contributed by atoms with Crippen LogP contribution in [0.3, 0.4) is 0 Å². The Kier molecular flexibility index (Phi) is 6.04. The van der Waals surface area contributed by atoms with Crippen molar-refractivity contribution >= 4 is 50.5 Å². The van der Waals surface area contributed by atoms with Crippen molar-refractivity contribution in [3.8, 4) is 5.75 Å². The van der Waals surface area contributed by atoms with E-state index >= 15 is 0 Å². The number of benzene rings is 2. The second kappa shape index (κ2) is 7.66. The van der Waals surface area contributed by atoms with E-state index in [0.717, 1.165) is 4.31 Å². The number of nitrogens with zero attached hydrogens (tertiary/aromatic N) is 1. The molecule has 0 radical (unpaired) electrons. The first-order chi connectivity index (χ1) is 11.3. The first kappa shape index (κ1) is 18.9. The molecule has 128 valence electrons. The van der Waals surface area contributed by atoms with E-state index in [1.165, 1.54) is 31.4 Å². The van der Waals surface area contributed by atoms with Crippen LogP contribution in [0.2, 0.25) is 15.1 Å². The van der Waals surface area contributed by atoms with Crippen LogP contribution in [0.4, 0.5) is 5.69 Å². The second-order valence-electron chi connectivity index (χ2n) is 4.69. The van der Waals surface area contributed by atoms with E-state index in [0.29, 0.717) is 5.75 Å². The molecule has 0 aliphatic heterocycles. The van der Waals surface area contributed by atoms with E-state index in [9.17, 15) is 8.42 Å². The highest BCUT2D eigenvalue weighted by atomic mass is 35.5. The van der Waals surface area contributed by atoms with Gasteiger partial charge in [-0.05, 0) is 30.3 Å². The Hall–Kier alpha value is -1.40. The molecule has 0 aromatic heterocycles. The number of anilines is 1. The van der Waals surface area contributed by atoms with Crippen LogP contribution in [0.25, 0.3) is 0 Å². The quantitative estimate of drug-likeness (QED) is 0.632. The maximum Gasteiger partial charge on any atom is 0.264 e. The molecule has 0 saturated heterocycles. The van der Waals surface area contributed by atoms with Gasteiger partial charge in [0.05, 0.1) is 39.3 Å². The maximum absolute atomic E-state index is 13.0. The van der Waals surface area contributed by atoms with Crippen molar-refractivity contribution in [2.75, 3.05) is 18.0 Å². The van der Waals surface area contributed by atoms with E-state index in [-0.39, 0.29) is 32.2 Å². The minimum atomic E-state index is -3.92. The van der Waals surface area contributed by atoms with Gasteiger partial charge >= 0.3 is 0 Å². The summed E-state index contributed by atoms with van der Waals surface area (Å²) in [5.74, 6) is 0.381. The third kappa shape index (κ3) is 3.64. The number of halogens is 3. The molecule has 0 atom stereocenters. The summed E-state index contributed by atoms with van der Waals surface area (Å²) in [7, 11) is -2.47. The molecule has 24 heavy (non-hydrogen) atoms. The van der Waals surface area contributed by atoms with Crippen LogP contribution in [0.1, 0.15) is 0 Å². The maximum atomic E-state index is 13.0. The smallest absolute Gasteiger partial charge is 0.264 e. The zero-order valence-electron chi connectivity index (χ0n) is 12.7. The van der Waals surface area contributed by atoms with E-state index in [4.69, 9.17) is 39.5 Å². The molecule has 4 nitrogen and oxygen atoms in total. The molecule has 2 rings (SSSR count). The van der Waals surface area contributed by atoms with Crippen molar-refractivity contribution in [1.29, 1.82) is 0 Å². The fourth-order valence-corrected chi connectivity index (χ4v) is 4.31. The van der Waals surface area contributed by atoms with Crippen LogP contribution in [0.5, 0.6) is 5.75 Å². The lowest BCUT2D eigenvalue weighted by Crippen LogP contribution is -2.31. The topological polar surface area (TPSA) is 46.6 Å². The number of hydrogen-bond donors (Lipinski definition) is 0. The van der Waals surface area contributed by atoms with Gasteiger partial charge in [-0.1, -0.05) is 46.9 Å². The van der Waals surface area contributed by atoms with Crippen LogP contribution in [0, 0.1) is 0 Å². The Morgan fingerprint density at radius 1 is 1.17 bits per heavy atom. The van der Waals surface area contributed by atoms with Crippen molar-refractivity contribution in [2.45, 2.75) is 4.90 Å². The minimum absolute atomic E-state index is 0.00573. The first-order valence-electron chi connectivity index (χ1n) is 6.74. The summed E-state index contributed by atoms with van der Waals surface area (Å²) in [5.41, 5.74) is 0.260. The van der Waals surface area contributed by atoms with Gasteiger partial charge in [-0.3, -0.25) is 4.31 Å². The van der Waals surface area contributed by atoms with Gasteiger partial charge in [0.1, 0.15) is 5.75 Å².